The molecule has 0 radical (unpaired) electrons. The van der Waals surface area contributed by atoms with Crippen molar-refractivity contribution in [3.63, 3.8) is 0 Å². The first-order valence-electron chi connectivity index (χ1n) is 13.5. The van der Waals surface area contributed by atoms with Gasteiger partial charge in [-0.3, -0.25) is 15.1 Å². The highest BCUT2D eigenvalue weighted by molar-refractivity contribution is 5.90. The molecule has 2 fully saturated rings. The number of amidine groups is 1. The Hall–Kier alpha value is -4.28. The van der Waals surface area contributed by atoms with E-state index < -0.39 is 0 Å². The second-order valence-corrected chi connectivity index (χ2v) is 10.4. The van der Waals surface area contributed by atoms with Crippen LogP contribution in [-0.2, 0) is 6.54 Å². The van der Waals surface area contributed by atoms with Gasteiger partial charge in [0.15, 0.2) is 0 Å². The number of fused-ring (bicyclic) bond motifs is 1. The van der Waals surface area contributed by atoms with Crippen molar-refractivity contribution in [1.29, 1.82) is 5.26 Å². The maximum atomic E-state index is 12.6. The Bertz CT molecular complexity index is 1430. The van der Waals surface area contributed by atoms with E-state index in [-0.39, 0.29) is 11.5 Å². The zero-order valence-corrected chi connectivity index (χ0v) is 21.7. The summed E-state index contributed by atoms with van der Waals surface area (Å²) in [7, 11) is 0. The number of H-pyrrole nitrogens is 1. The van der Waals surface area contributed by atoms with E-state index in [0.29, 0.717) is 41.7 Å². The topological polar surface area (TPSA) is 162 Å². The fourth-order valence-corrected chi connectivity index (χ4v) is 5.46. The summed E-state index contributed by atoms with van der Waals surface area (Å²) in [5, 5.41) is 23.6. The summed E-state index contributed by atoms with van der Waals surface area (Å²) < 4.78 is 0. The fourth-order valence-electron chi connectivity index (χ4n) is 5.46. The number of hydrazine groups is 2. The van der Waals surface area contributed by atoms with Crippen molar-refractivity contribution in [3.05, 3.63) is 46.4 Å². The highest BCUT2D eigenvalue weighted by Crippen LogP contribution is 2.27. The van der Waals surface area contributed by atoms with E-state index >= 15 is 0 Å². The first kappa shape index (κ1) is 25.0. The first-order chi connectivity index (χ1) is 19.1. The largest absolute Gasteiger partial charge is 0.341 e. The summed E-state index contributed by atoms with van der Waals surface area (Å²) in [6.45, 7) is 4.44. The predicted octanol–water partition coefficient (Wildman–Crippen LogP) is 1.72. The first-order valence-corrected chi connectivity index (χ1v) is 13.5. The lowest BCUT2D eigenvalue weighted by Gasteiger charge is -2.31. The summed E-state index contributed by atoms with van der Waals surface area (Å²) in [6, 6.07) is 10.6. The lowest BCUT2D eigenvalue weighted by molar-refractivity contribution is 0.180. The number of aromatic nitrogens is 4. The number of piperidine rings is 2. The molecule has 0 saturated carbocycles. The van der Waals surface area contributed by atoms with Crippen LogP contribution in [0.15, 0.2) is 40.4 Å². The summed E-state index contributed by atoms with van der Waals surface area (Å²) >= 11 is 0. The SMILES string of the molecule is N#CC1CCN(c2nc(Nc3ccc(CN4CCC(CC5=NNNN5)CC4)cc3)c3c(=O)[nH]ncc3n2)CC1. The van der Waals surface area contributed by atoms with Gasteiger partial charge in [0.1, 0.15) is 22.6 Å². The molecule has 39 heavy (non-hydrogen) atoms. The summed E-state index contributed by atoms with van der Waals surface area (Å²) in [4.78, 5) is 26.6. The van der Waals surface area contributed by atoms with E-state index in [0.717, 1.165) is 63.3 Å². The van der Waals surface area contributed by atoms with Crippen LogP contribution in [0.4, 0.5) is 17.5 Å². The molecule has 0 unspecified atom stereocenters. The molecule has 6 rings (SSSR count). The summed E-state index contributed by atoms with van der Waals surface area (Å²) in [5.41, 5.74) is 10.8. The molecular formula is C26H32N12O. The molecule has 5 heterocycles. The van der Waals surface area contributed by atoms with Crippen molar-refractivity contribution in [1.82, 2.24) is 41.6 Å². The molecule has 3 aliphatic heterocycles. The molecule has 0 aliphatic carbocycles. The Morgan fingerprint density at radius 1 is 1.05 bits per heavy atom. The number of anilines is 3. The summed E-state index contributed by atoms with van der Waals surface area (Å²) in [6.07, 6.45) is 6.36. The van der Waals surface area contributed by atoms with Gasteiger partial charge in [-0.15, -0.1) is 10.6 Å². The number of nitrogens with zero attached hydrogens (tertiary/aromatic N) is 7. The van der Waals surface area contributed by atoms with Crippen LogP contribution in [0.5, 0.6) is 0 Å². The molecule has 3 aliphatic rings. The maximum absolute atomic E-state index is 12.6. The van der Waals surface area contributed by atoms with Crippen molar-refractivity contribution in [2.75, 3.05) is 36.4 Å². The number of nitriles is 1. The van der Waals surface area contributed by atoms with E-state index in [9.17, 15) is 10.1 Å². The van der Waals surface area contributed by atoms with Crippen LogP contribution in [-0.4, -0.2) is 57.1 Å². The average Bonchev–Trinajstić information content (AvgIpc) is 3.48. The molecule has 0 bridgehead atoms. The molecule has 5 N–H and O–H groups in total. The van der Waals surface area contributed by atoms with Crippen molar-refractivity contribution < 1.29 is 0 Å². The van der Waals surface area contributed by atoms with Crippen LogP contribution in [0.25, 0.3) is 10.9 Å². The Morgan fingerprint density at radius 2 is 1.85 bits per heavy atom. The van der Waals surface area contributed by atoms with Gasteiger partial charge in [-0.1, -0.05) is 12.1 Å². The van der Waals surface area contributed by atoms with Crippen LogP contribution in [0.1, 0.15) is 37.7 Å². The Balaban J connectivity index is 1.12. The van der Waals surface area contributed by atoms with E-state index in [1.165, 1.54) is 5.56 Å². The van der Waals surface area contributed by atoms with Crippen molar-refractivity contribution in [2.45, 2.75) is 38.6 Å². The summed E-state index contributed by atoms with van der Waals surface area (Å²) in [5.74, 6) is 2.67. The smallest absolute Gasteiger partial charge is 0.277 e. The van der Waals surface area contributed by atoms with Gasteiger partial charge in [0.05, 0.1) is 12.3 Å². The molecule has 0 amide bonds. The molecule has 2 saturated heterocycles. The minimum atomic E-state index is -0.340. The monoisotopic (exact) mass is 528 g/mol. The lowest BCUT2D eigenvalue weighted by atomic mass is 9.93. The predicted molar refractivity (Wildman–Crippen MR) is 148 cm³/mol. The van der Waals surface area contributed by atoms with Gasteiger partial charge in [-0.05, 0) is 62.4 Å². The third-order valence-electron chi connectivity index (χ3n) is 7.73. The van der Waals surface area contributed by atoms with Crippen LogP contribution >= 0.6 is 0 Å². The number of aromatic amines is 1. The van der Waals surface area contributed by atoms with Gasteiger partial charge in [0.25, 0.3) is 5.56 Å². The number of likely N-dealkylation sites (tertiary alicyclic amines) is 1. The number of hydrazone groups is 1. The third kappa shape index (κ3) is 5.76. The van der Waals surface area contributed by atoms with E-state index in [2.05, 4.69) is 70.1 Å². The van der Waals surface area contributed by atoms with Crippen LogP contribution in [0.2, 0.25) is 0 Å². The minimum Gasteiger partial charge on any atom is -0.341 e. The number of nitrogens with one attached hydrogen (secondary N) is 5. The van der Waals surface area contributed by atoms with Crippen LogP contribution in [0, 0.1) is 23.2 Å². The molecule has 13 nitrogen and oxygen atoms in total. The highest BCUT2D eigenvalue weighted by atomic mass is 16.1. The zero-order valence-electron chi connectivity index (χ0n) is 21.7. The molecule has 2 aromatic heterocycles. The molecule has 1 aromatic carbocycles. The van der Waals surface area contributed by atoms with Gasteiger partial charge in [0.2, 0.25) is 5.95 Å². The Morgan fingerprint density at radius 3 is 2.56 bits per heavy atom. The van der Waals surface area contributed by atoms with Crippen LogP contribution in [0.3, 0.4) is 0 Å². The molecule has 202 valence electrons. The maximum Gasteiger partial charge on any atom is 0.277 e. The van der Waals surface area contributed by atoms with Gasteiger partial charge in [-0.25, -0.2) is 15.6 Å². The number of hydrogen-bond acceptors (Lipinski definition) is 12. The second-order valence-electron chi connectivity index (χ2n) is 10.4. The molecule has 0 atom stereocenters. The van der Waals surface area contributed by atoms with E-state index in [1.807, 2.05) is 12.1 Å². The molecular weight excluding hydrogens is 496 g/mol. The highest BCUT2D eigenvalue weighted by Gasteiger charge is 2.24. The van der Waals surface area contributed by atoms with Crippen molar-refractivity contribution in [2.24, 2.45) is 16.9 Å². The number of hydrogen-bond donors (Lipinski definition) is 5. The molecule has 0 spiro atoms. The number of rotatable bonds is 7. The standard InChI is InChI=1S/C26H32N12O/c27-14-18-7-11-38(12-8-18)26-30-21-15-28-34-25(39)23(21)24(31-26)29-20-3-1-19(2-4-20)16-37-9-5-17(6-10-37)13-22-32-35-36-33-22/h1-4,15,17-18,35-36H,5-13,16H2,(H,32,33)(H,34,39)(H,29,30,31). The molecule has 13 heteroatoms. The van der Waals surface area contributed by atoms with Gasteiger partial charge in [-0.2, -0.15) is 15.3 Å². The average molecular weight is 529 g/mol. The zero-order chi connectivity index (χ0) is 26.6. The van der Waals surface area contributed by atoms with Gasteiger partial charge < -0.3 is 10.2 Å². The van der Waals surface area contributed by atoms with Crippen molar-refractivity contribution in [3.8, 4) is 6.07 Å². The Labute approximate surface area is 225 Å². The normalized spacial score (nSPS) is 18.8. The third-order valence-corrected chi connectivity index (χ3v) is 7.73. The van der Waals surface area contributed by atoms with Crippen molar-refractivity contribution >= 4 is 34.2 Å². The van der Waals surface area contributed by atoms with E-state index in [1.54, 1.807) is 6.20 Å². The lowest BCUT2D eigenvalue weighted by Crippen LogP contribution is -2.38. The van der Waals surface area contributed by atoms with Gasteiger partial charge >= 0.3 is 0 Å². The minimum absolute atomic E-state index is 0.0629. The second kappa shape index (κ2) is 11.2. The fraction of sp³-hybridized carbons (Fsp3) is 0.462. The van der Waals surface area contributed by atoms with E-state index in [4.69, 9.17) is 4.98 Å². The van der Waals surface area contributed by atoms with Gasteiger partial charge in [0, 0.05) is 37.7 Å². The Kier molecular flexibility index (Phi) is 7.20. The van der Waals surface area contributed by atoms with Crippen LogP contribution < -0.4 is 32.3 Å². The number of benzene rings is 1. The molecule has 3 aromatic rings. The quantitative estimate of drug-likeness (QED) is 0.303.